The second-order valence-electron chi connectivity index (χ2n) is 3.01. The highest BCUT2D eigenvalue weighted by atomic mass is 79.9. The highest BCUT2D eigenvalue weighted by Crippen LogP contribution is 2.43. The highest BCUT2D eigenvalue weighted by Gasteiger charge is 2.20. The normalized spacial score (nSPS) is 15.0. The Morgan fingerprint density at radius 2 is 2.20 bits per heavy atom. The van der Waals surface area contributed by atoms with E-state index in [2.05, 4.69) is 21.2 Å². The standard InChI is InChI=1S/C9H6BrCl2NO2/c10-7-4(11)3-5-9(8(7)12)13-6(14)1-2-15-5/h3H,1-2H2,(H,13,14). The van der Waals surface area contributed by atoms with Crippen LogP contribution in [0.2, 0.25) is 10.0 Å². The number of anilines is 1. The smallest absolute Gasteiger partial charge is 0.227 e. The molecular weight excluding hydrogens is 305 g/mol. The van der Waals surface area contributed by atoms with Gasteiger partial charge in [-0.2, -0.15) is 0 Å². The van der Waals surface area contributed by atoms with Gasteiger partial charge in [0.2, 0.25) is 5.91 Å². The fraction of sp³-hybridized carbons (Fsp3) is 0.222. The van der Waals surface area contributed by atoms with Crippen molar-refractivity contribution in [1.29, 1.82) is 0 Å². The molecule has 0 unspecified atom stereocenters. The Morgan fingerprint density at radius 3 is 2.93 bits per heavy atom. The van der Waals surface area contributed by atoms with Crippen LogP contribution in [0.15, 0.2) is 10.5 Å². The van der Waals surface area contributed by atoms with Gasteiger partial charge in [0.05, 0.1) is 27.5 Å². The van der Waals surface area contributed by atoms with Crippen molar-refractivity contribution in [2.24, 2.45) is 0 Å². The molecule has 0 fully saturated rings. The molecular formula is C9H6BrCl2NO2. The van der Waals surface area contributed by atoms with Gasteiger partial charge in [-0.25, -0.2) is 0 Å². The van der Waals surface area contributed by atoms with E-state index in [4.69, 9.17) is 27.9 Å². The molecule has 0 bridgehead atoms. The number of hydrogen-bond acceptors (Lipinski definition) is 2. The minimum atomic E-state index is -0.120. The van der Waals surface area contributed by atoms with E-state index in [1.165, 1.54) is 0 Å². The summed E-state index contributed by atoms with van der Waals surface area (Å²) in [7, 11) is 0. The predicted octanol–water partition coefficient (Wildman–Crippen LogP) is 3.48. The van der Waals surface area contributed by atoms with Crippen molar-refractivity contribution >= 4 is 50.7 Å². The Kier molecular flexibility index (Phi) is 3.09. The van der Waals surface area contributed by atoms with Gasteiger partial charge in [-0.1, -0.05) is 23.2 Å². The van der Waals surface area contributed by atoms with Gasteiger partial charge in [0.1, 0.15) is 11.4 Å². The van der Waals surface area contributed by atoms with Crippen molar-refractivity contribution in [2.45, 2.75) is 6.42 Å². The van der Waals surface area contributed by atoms with E-state index in [9.17, 15) is 4.79 Å². The van der Waals surface area contributed by atoms with E-state index in [-0.39, 0.29) is 5.91 Å². The summed E-state index contributed by atoms with van der Waals surface area (Å²) in [5.74, 6) is 0.379. The molecule has 80 valence electrons. The molecule has 15 heavy (non-hydrogen) atoms. The Balaban J connectivity index is 2.58. The molecule has 0 aliphatic carbocycles. The van der Waals surface area contributed by atoms with Crippen molar-refractivity contribution in [2.75, 3.05) is 11.9 Å². The summed E-state index contributed by atoms with van der Waals surface area (Å²) in [6.07, 6.45) is 0.306. The van der Waals surface area contributed by atoms with Gasteiger partial charge < -0.3 is 10.1 Å². The van der Waals surface area contributed by atoms with Gasteiger partial charge in [-0.3, -0.25) is 4.79 Å². The number of carbonyl (C=O) groups is 1. The number of halogens is 3. The van der Waals surface area contributed by atoms with Crippen LogP contribution in [0.5, 0.6) is 5.75 Å². The molecule has 1 aromatic carbocycles. The van der Waals surface area contributed by atoms with E-state index in [0.29, 0.717) is 39.0 Å². The lowest BCUT2D eigenvalue weighted by Crippen LogP contribution is -2.10. The Hall–Kier alpha value is -0.450. The molecule has 0 saturated carbocycles. The predicted molar refractivity (Wildman–Crippen MR) is 62.9 cm³/mol. The van der Waals surface area contributed by atoms with E-state index in [0.717, 1.165) is 0 Å². The van der Waals surface area contributed by atoms with Gasteiger partial charge >= 0.3 is 0 Å². The molecule has 0 saturated heterocycles. The topological polar surface area (TPSA) is 38.3 Å². The van der Waals surface area contributed by atoms with E-state index in [1.807, 2.05) is 0 Å². The maximum atomic E-state index is 11.3. The third-order valence-corrected chi connectivity index (χ3v) is 3.93. The minimum Gasteiger partial charge on any atom is -0.491 e. The lowest BCUT2D eigenvalue weighted by Gasteiger charge is -2.11. The SMILES string of the molecule is O=C1CCOc2cc(Cl)c(Br)c(Cl)c2N1. The van der Waals surface area contributed by atoms with Crippen LogP contribution in [-0.4, -0.2) is 12.5 Å². The maximum Gasteiger partial charge on any atom is 0.227 e. The molecule has 1 amide bonds. The van der Waals surface area contributed by atoms with Crippen LogP contribution in [0, 0.1) is 0 Å². The quantitative estimate of drug-likeness (QED) is 0.745. The molecule has 6 heteroatoms. The van der Waals surface area contributed by atoms with Crippen molar-refractivity contribution in [3.63, 3.8) is 0 Å². The molecule has 1 aliphatic rings. The summed E-state index contributed by atoms with van der Waals surface area (Å²) in [6.45, 7) is 0.327. The van der Waals surface area contributed by atoms with Gasteiger partial charge in [0.15, 0.2) is 0 Å². The fourth-order valence-corrected chi connectivity index (χ4v) is 2.06. The van der Waals surface area contributed by atoms with E-state index in [1.54, 1.807) is 6.07 Å². The number of rotatable bonds is 0. The van der Waals surface area contributed by atoms with Gasteiger partial charge in [0, 0.05) is 6.07 Å². The average molecular weight is 311 g/mol. The van der Waals surface area contributed by atoms with Crippen LogP contribution in [0.25, 0.3) is 0 Å². The summed E-state index contributed by atoms with van der Waals surface area (Å²) in [5.41, 5.74) is 0.468. The Bertz CT molecular complexity index is 437. The van der Waals surface area contributed by atoms with Gasteiger partial charge in [-0.05, 0) is 15.9 Å². The summed E-state index contributed by atoms with van der Waals surface area (Å²) in [5, 5.41) is 3.48. The van der Waals surface area contributed by atoms with Crippen LogP contribution < -0.4 is 10.1 Å². The highest BCUT2D eigenvalue weighted by molar-refractivity contribution is 9.10. The van der Waals surface area contributed by atoms with E-state index < -0.39 is 0 Å². The first-order valence-electron chi connectivity index (χ1n) is 4.19. The van der Waals surface area contributed by atoms with Crippen molar-refractivity contribution < 1.29 is 9.53 Å². The molecule has 3 nitrogen and oxygen atoms in total. The van der Waals surface area contributed by atoms with Crippen LogP contribution >= 0.6 is 39.1 Å². The maximum absolute atomic E-state index is 11.3. The number of benzene rings is 1. The summed E-state index contributed by atoms with van der Waals surface area (Å²) >= 11 is 15.2. The number of amides is 1. The molecule has 0 aromatic heterocycles. The molecule has 0 radical (unpaired) electrons. The zero-order valence-electron chi connectivity index (χ0n) is 7.44. The van der Waals surface area contributed by atoms with Crippen LogP contribution in [0.4, 0.5) is 5.69 Å². The number of nitrogens with one attached hydrogen (secondary N) is 1. The van der Waals surface area contributed by atoms with Crippen LogP contribution in [0.1, 0.15) is 6.42 Å². The first-order chi connectivity index (χ1) is 7.09. The molecule has 2 rings (SSSR count). The third kappa shape index (κ3) is 2.07. The summed E-state index contributed by atoms with van der Waals surface area (Å²) in [4.78, 5) is 11.3. The average Bonchev–Trinajstić information content (AvgIpc) is 2.37. The number of carbonyl (C=O) groups excluding carboxylic acids is 1. The molecule has 1 heterocycles. The van der Waals surface area contributed by atoms with Crippen molar-refractivity contribution in [3.05, 3.63) is 20.6 Å². The minimum absolute atomic E-state index is 0.120. The zero-order chi connectivity index (χ0) is 11.0. The molecule has 0 atom stereocenters. The lowest BCUT2D eigenvalue weighted by atomic mass is 10.3. The fourth-order valence-electron chi connectivity index (χ4n) is 1.26. The summed E-state index contributed by atoms with van der Waals surface area (Å²) in [6, 6.07) is 1.62. The second-order valence-corrected chi connectivity index (χ2v) is 4.58. The first kappa shape index (κ1) is 11.0. The number of hydrogen-bond donors (Lipinski definition) is 1. The Morgan fingerprint density at radius 1 is 1.47 bits per heavy atom. The van der Waals surface area contributed by atoms with Gasteiger partial charge in [-0.15, -0.1) is 0 Å². The molecule has 1 N–H and O–H groups in total. The monoisotopic (exact) mass is 309 g/mol. The molecule has 1 aliphatic heterocycles. The number of fused-ring (bicyclic) bond motifs is 1. The Labute approximate surface area is 105 Å². The second kappa shape index (κ2) is 4.20. The third-order valence-electron chi connectivity index (χ3n) is 1.98. The first-order valence-corrected chi connectivity index (χ1v) is 5.74. The van der Waals surface area contributed by atoms with E-state index >= 15 is 0 Å². The summed E-state index contributed by atoms with van der Waals surface area (Å²) < 4.78 is 5.91. The van der Waals surface area contributed by atoms with Crippen molar-refractivity contribution in [1.82, 2.24) is 0 Å². The number of ether oxygens (including phenoxy) is 1. The largest absolute Gasteiger partial charge is 0.491 e. The van der Waals surface area contributed by atoms with Crippen LogP contribution in [-0.2, 0) is 4.79 Å². The lowest BCUT2D eigenvalue weighted by molar-refractivity contribution is -0.116. The van der Waals surface area contributed by atoms with Crippen molar-refractivity contribution in [3.8, 4) is 5.75 Å². The van der Waals surface area contributed by atoms with Gasteiger partial charge in [0.25, 0.3) is 0 Å². The molecule has 1 aromatic rings. The van der Waals surface area contributed by atoms with Crippen LogP contribution in [0.3, 0.4) is 0 Å². The zero-order valence-corrected chi connectivity index (χ0v) is 10.5. The molecule has 0 spiro atoms.